The minimum absolute atomic E-state index is 0.0513. The lowest BCUT2D eigenvalue weighted by Gasteiger charge is -2.12. The molecule has 144 valence electrons. The van der Waals surface area contributed by atoms with E-state index in [2.05, 4.69) is 15.8 Å². The molecular formula is C20H25N3O3S. The SMILES string of the molecule is Cc1noc(C)c1C(=O)Nc1sc2c(c1C(=O)NC1CC1)CCCCCC2. The van der Waals surface area contributed by atoms with Crippen LogP contribution >= 0.6 is 11.3 Å². The topological polar surface area (TPSA) is 84.2 Å². The fraction of sp³-hybridized carbons (Fsp3) is 0.550. The summed E-state index contributed by atoms with van der Waals surface area (Å²) in [5, 5.41) is 10.6. The Morgan fingerprint density at radius 2 is 1.78 bits per heavy atom. The number of fused-ring (bicyclic) bond motifs is 1. The maximum atomic E-state index is 13.0. The van der Waals surface area contributed by atoms with E-state index in [-0.39, 0.29) is 17.9 Å². The molecule has 1 fully saturated rings. The molecule has 1 saturated carbocycles. The molecule has 0 spiro atoms. The zero-order chi connectivity index (χ0) is 19.0. The second kappa shape index (κ2) is 7.46. The maximum Gasteiger partial charge on any atom is 0.261 e. The summed E-state index contributed by atoms with van der Waals surface area (Å²) >= 11 is 1.55. The molecule has 4 rings (SSSR count). The third kappa shape index (κ3) is 3.78. The Labute approximate surface area is 162 Å². The third-order valence-electron chi connectivity index (χ3n) is 5.30. The highest BCUT2D eigenvalue weighted by Gasteiger charge is 2.30. The van der Waals surface area contributed by atoms with E-state index in [1.165, 1.54) is 17.7 Å². The van der Waals surface area contributed by atoms with Gasteiger partial charge in [0.1, 0.15) is 16.3 Å². The Bertz CT molecular complexity index is 860. The van der Waals surface area contributed by atoms with Gasteiger partial charge in [-0.25, -0.2) is 0 Å². The van der Waals surface area contributed by atoms with E-state index in [0.29, 0.717) is 27.6 Å². The number of rotatable bonds is 4. The van der Waals surface area contributed by atoms with E-state index in [0.717, 1.165) is 44.1 Å². The van der Waals surface area contributed by atoms with Crippen LogP contribution in [0.3, 0.4) is 0 Å². The highest BCUT2D eigenvalue weighted by atomic mass is 32.1. The molecule has 2 aliphatic carbocycles. The summed E-state index contributed by atoms with van der Waals surface area (Å²) in [7, 11) is 0. The summed E-state index contributed by atoms with van der Waals surface area (Å²) in [6.07, 6.45) is 8.60. The van der Waals surface area contributed by atoms with Crippen LogP contribution in [0.4, 0.5) is 5.00 Å². The number of amides is 2. The minimum atomic E-state index is -0.263. The molecule has 0 saturated heterocycles. The predicted octanol–water partition coefficient (Wildman–Crippen LogP) is 4.16. The lowest BCUT2D eigenvalue weighted by molar-refractivity contribution is 0.0951. The minimum Gasteiger partial charge on any atom is -0.361 e. The van der Waals surface area contributed by atoms with Crippen molar-refractivity contribution in [2.75, 3.05) is 5.32 Å². The van der Waals surface area contributed by atoms with Gasteiger partial charge in [0.05, 0.1) is 11.3 Å². The van der Waals surface area contributed by atoms with Crippen molar-refractivity contribution in [2.45, 2.75) is 71.3 Å². The van der Waals surface area contributed by atoms with Crippen LogP contribution in [0.25, 0.3) is 0 Å². The van der Waals surface area contributed by atoms with E-state index < -0.39 is 0 Å². The molecule has 0 radical (unpaired) electrons. The first-order valence-electron chi connectivity index (χ1n) is 9.74. The van der Waals surface area contributed by atoms with Gasteiger partial charge < -0.3 is 15.2 Å². The van der Waals surface area contributed by atoms with Crippen molar-refractivity contribution < 1.29 is 14.1 Å². The van der Waals surface area contributed by atoms with Gasteiger partial charge in [0.25, 0.3) is 11.8 Å². The molecule has 27 heavy (non-hydrogen) atoms. The summed E-state index contributed by atoms with van der Waals surface area (Å²) in [6.45, 7) is 3.48. The largest absolute Gasteiger partial charge is 0.361 e. The Kier molecular flexibility index (Phi) is 5.04. The van der Waals surface area contributed by atoms with Crippen LogP contribution in [0.15, 0.2) is 4.52 Å². The molecular weight excluding hydrogens is 362 g/mol. The van der Waals surface area contributed by atoms with Gasteiger partial charge >= 0.3 is 0 Å². The van der Waals surface area contributed by atoms with Crippen LogP contribution in [0.2, 0.25) is 0 Å². The average Bonchev–Trinajstić information content (AvgIpc) is 3.27. The first kappa shape index (κ1) is 18.2. The van der Waals surface area contributed by atoms with E-state index >= 15 is 0 Å². The second-order valence-corrected chi connectivity index (χ2v) is 8.63. The normalized spacial score (nSPS) is 17.0. The summed E-state index contributed by atoms with van der Waals surface area (Å²) in [5.74, 6) is 0.175. The molecule has 2 heterocycles. The van der Waals surface area contributed by atoms with E-state index in [4.69, 9.17) is 4.52 Å². The Hall–Kier alpha value is -2.15. The first-order chi connectivity index (χ1) is 13.0. The highest BCUT2D eigenvalue weighted by molar-refractivity contribution is 7.17. The van der Waals surface area contributed by atoms with Crippen LogP contribution in [-0.4, -0.2) is 23.0 Å². The zero-order valence-corrected chi connectivity index (χ0v) is 16.6. The van der Waals surface area contributed by atoms with E-state index in [1.54, 1.807) is 25.2 Å². The quantitative estimate of drug-likeness (QED) is 0.825. The highest BCUT2D eigenvalue weighted by Crippen LogP contribution is 2.38. The van der Waals surface area contributed by atoms with Gasteiger partial charge in [-0.3, -0.25) is 9.59 Å². The van der Waals surface area contributed by atoms with Crippen LogP contribution in [0.1, 0.15) is 81.1 Å². The number of aromatic nitrogens is 1. The first-order valence-corrected chi connectivity index (χ1v) is 10.6. The molecule has 0 aliphatic heterocycles. The molecule has 2 aromatic rings. The van der Waals surface area contributed by atoms with Gasteiger partial charge in [0, 0.05) is 10.9 Å². The Morgan fingerprint density at radius 1 is 1.04 bits per heavy atom. The van der Waals surface area contributed by atoms with Gasteiger partial charge in [0.2, 0.25) is 0 Å². The van der Waals surface area contributed by atoms with Crippen LogP contribution in [-0.2, 0) is 12.8 Å². The van der Waals surface area contributed by atoms with Crippen LogP contribution < -0.4 is 10.6 Å². The number of aryl methyl sites for hydroxylation is 3. The van der Waals surface area contributed by atoms with Crippen LogP contribution in [0, 0.1) is 13.8 Å². The summed E-state index contributed by atoms with van der Waals surface area (Å²) in [5.41, 5.74) is 2.81. The van der Waals surface area contributed by atoms with Gasteiger partial charge in [-0.2, -0.15) is 0 Å². The standard InChI is InChI=1S/C20H25N3O3S/c1-11-16(12(2)26-23-11)18(24)22-20-17(19(25)21-13-9-10-13)14-7-5-3-4-6-8-15(14)27-20/h13H,3-10H2,1-2H3,(H,21,25)(H,22,24). The number of hydrogen-bond donors (Lipinski definition) is 2. The van der Waals surface area contributed by atoms with Gasteiger partial charge in [-0.1, -0.05) is 18.0 Å². The number of nitrogens with zero attached hydrogens (tertiary/aromatic N) is 1. The fourth-order valence-electron chi connectivity index (χ4n) is 3.71. The van der Waals surface area contributed by atoms with Crippen LogP contribution in [0.5, 0.6) is 0 Å². The predicted molar refractivity (Wildman–Crippen MR) is 105 cm³/mol. The molecule has 7 heteroatoms. The fourth-order valence-corrected chi connectivity index (χ4v) is 4.99. The zero-order valence-electron chi connectivity index (χ0n) is 15.8. The molecule has 2 amide bonds. The van der Waals surface area contributed by atoms with Gasteiger partial charge in [-0.15, -0.1) is 11.3 Å². The molecule has 0 atom stereocenters. The third-order valence-corrected chi connectivity index (χ3v) is 6.51. The molecule has 2 N–H and O–H groups in total. The lowest BCUT2D eigenvalue weighted by atomic mass is 9.96. The Balaban J connectivity index is 1.68. The number of hydrogen-bond acceptors (Lipinski definition) is 5. The summed E-state index contributed by atoms with van der Waals surface area (Å²) in [6, 6.07) is 0.285. The van der Waals surface area contributed by atoms with Crippen molar-refractivity contribution in [1.82, 2.24) is 10.5 Å². The van der Waals surface area contributed by atoms with Crippen molar-refractivity contribution in [1.29, 1.82) is 0 Å². The van der Waals surface area contributed by atoms with Crippen molar-refractivity contribution >= 4 is 28.2 Å². The van der Waals surface area contributed by atoms with Gasteiger partial charge in [-0.05, 0) is 57.9 Å². The summed E-state index contributed by atoms with van der Waals surface area (Å²) in [4.78, 5) is 27.0. The number of carbonyl (C=O) groups excluding carboxylic acids is 2. The van der Waals surface area contributed by atoms with Crippen molar-refractivity contribution in [3.05, 3.63) is 33.0 Å². The molecule has 2 aliphatic rings. The monoisotopic (exact) mass is 387 g/mol. The number of thiophene rings is 1. The second-order valence-electron chi connectivity index (χ2n) is 7.52. The number of nitrogens with one attached hydrogen (secondary N) is 2. The smallest absolute Gasteiger partial charge is 0.261 e. The molecule has 0 aromatic carbocycles. The van der Waals surface area contributed by atoms with Crippen molar-refractivity contribution in [2.24, 2.45) is 0 Å². The molecule has 2 aromatic heterocycles. The number of carbonyl (C=O) groups is 2. The maximum absolute atomic E-state index is 13.0. The molecule has 0 bridgehead atoms. The molecule has 6 nitrogen and oxygen atoms in total. The Morgan fingerprint density at radius 3 is 2.44 bits per heavy atom. The lowest BCUT2D eigenvalue weighted by Crippen LogP contribution is -2.27. The van der Waals surface area contributed by atoms with Gasteiger partial charge in [0.15, 0.2) is 0 Å². The summed E-state index contributed by atoms with van der Waals surface area (Å²) < 4.78 is 5.12. The average molecular weight is 388 g/mol. The van der Waals surface area contributed by atoms with Crippen molar-refractivity contribution in [3.63, 3.8) is 0 Å². The molecule has 0 unspecified atom stereocenters. The van der Waals surface area contributed by atoms with E-state index in [9.17, 15) is 9.59 Å². The number of anilines is 1. The van der Waals surface area contributed by atoms with E-state index in [1.807, 2.05) is 0 Å². The van der Waals surface area contributed by atoms with Crippen molar-refractivity contribution in [3.8, 4) is 0 Å².